The molecule has 0 amide bonds. The Labute approximate surface area is 258 Å². The molecule has 0 bridgehead atoms. The van der Waals surface area contributed by atoms with Crippen molar-refractivity contribution in [3.05, 3.63) is 140 Å². The Morgan fingerprint density at radius 3 is 1.89 bits per heavy atom. The van der Waals surface area contributed by atoms with Crippen LogP contribution in [0.5, 0.6) is 0 Å². The van der Waals surface area contributed by atoms with E-state index in [4.69, 9.17) is 19.4 Å². The van der Waals surface area contributed by atoms with E-state index in [1.807, 2.05) is 30.3 Å². The standard InChI is InChI=1S/C41H23N3O/c1-2-10-25-21-27(20-19-24(25)9-1)39-42-40(28-22-26-11-7-15-31-29-12-3-4-13-30(29)34(23-28)37(26)31)44-41(43-39)33-16-8-18-36-38(33)32-14-5-6-17-35(32)45-36/h1-23H. The van der Waals surface area contributed by atoms with Gasteiger partial charge in [0.25, 0.3) is 0 Å². The van der Waals surface area contributed by atoms with E-state index in [0.717, 1.165) is 44.0 Å². The van der Waals surface area contributed by atoms with Crippen molar-refractivity contribution in [3.63, 3.8) is 0 Å². The van der Waals surface area contributed by atoms with Gasteiger partial charge in [-0.2, -0.15) is 0 Å². The van der Waals surface area contributed by atoms with Crippen LogP contribution in [0.15, 0.2) is 144 Å². The average molecular weight is 574 g/mol. The Morgan fingerprint density at radius 1 is 0.356 bits per heavy atom. The van der Waals surface area contributed by atoms with Gasteiger partial charge < -0.3 is 4.42 Å². The molecule has 1 aliphatic carbocycles. The van der Waals surface area contributed by atoms with Crippen LogP contribution in [0, 0.1) is 0 Å². The fourth-order valence-electron chi connectivity index (χ4n) is 6.99. The first-order valence-electron chi connectivity index (χ1n) is 15.1. The summed E-state index contributed by atoms with van der Waals surface area (Å²) in [6.07, 6.45) is 0. The summed E-state index contributed by atoms with van der Waals surface area (Å²) in [4.78, 5) is 15.5. The smallest absolute Gasteiger partial charge is 0.164 e. The van der Waals surface area contributed by atoms with Crippen molar-refractivity contribution in [2.75, 3.05) is 0 Å². The van der Waals surface area contributed by atoms with E-state index in [1.54, 1.807) is 0 Å². The third kappa shape index (κ3) is 3.63. The van der Waals surface area contributed by atoms with Gasteiger partial charge in [0.05, 0.1) is 0 Å². The number of aromatic nitrogens is 3. The molecule has 4 nitrogen and oxygen atoms in total. The number of nitrogens with zero attached hydrogens (tertiary/aromatic N) is 3. The Bertz CT molecular complexity index is 2670. The number of furan rings is 1. The topological polar surface area (TPSA) is 51.8 Å². The molecule has 45 heavy (non-hydrogen) atoms. The summed E-state index contributed by atoms with van der Waals surface area (Å²) in [6.45, 7) is 0. The second-order valence-electron chi connectivity index (χ2n) is 11.6. The lowest BCUT2D eigenvalue weighted by Crippen LogP contribution is -2.00. The summed E-state index contributed by atoms with van der Waals surface area (Å²) in [7, 11) is 0. The maximum Gasteiger partial charge on any atom is 0.164 e. The summed E-state index contributed by atoms with van der Waals surface area (Å²) in [5.74, 6) is 1.89. The lowest BCUT2D eigenvalue weighted by Gasteiger charge is -2.11. The molecule has 9 aromatic rings. The number of fused-ring (bicyclic) bond motifs is 7. The summed E-state index contributed by atoms with van der Waals surface area (Å²) in [5.41, 5.74) is 9.47. The Balaban J connectivity index is 1.26. The van der Waals surface area contributed by atoms with E-state index < -0.39 is 0 Å². The van der Waals surface area contributed by atoms with Crippen LogP contribution >= 0.6 is 0 Å². The molecular formula is C41H23N3O. The van der Waals surface area contributed by atoms with Crippen LogP contribution in [0.4, 0.5) is 0 Å². The van der Waals surface area contributed by atoms with E-state index in [1.165, 1.54) is 38.4 Å². The van der Waals surface area contributed by atoms with Gasteiger partial charge >= 0.3 is 0 Å². The van der Waals surface area contributed by atoms with Gasteiger partial charge in [0.2, 0.25) is 0 Å². The summed E-state index contributed by atoms with van der Waals surface area (Å²) in [5, 5.41) is 6.82. The van der Waals surface area contributed by atoms with Gasteiger partial charge in [-0.1, -0.05) is 109 Å². The lowest BCUT2D eigenvalue weighted by atomic mass is 9.99. The predicted molar refractivity (Wildman–Crippen MR) is 183 cm³/mol. The summed E-state index contributed by atoms with van der Waals surface area (Å²) < 4.78 is 6.24. The molecule has 0 unspecified atom stereocenters. The fourth-order valence-corrected chi connectivity index (χ4v) is 6.99. The number of hydrogen-bond acceptors (Lipinski definition) is 4. The zero-order valence-electron chi connectivity index (χ0n) is 24.0. The molecule has 0 spiro atoms. The second kappa shape index (κ2) is 9.18. The number of hydrogen-bond donors (Lipinski definition) is 0. The van der Waals surface area contributed by atoms with Gasteiger partial charge in [-0.3, -0.25) is 0 Å². The molecule has 2 aromatic heterocycles. The highest BCUT2D eigenvalue weighted by Crippen LogP contribution is 2.48. The molecule has 0 saturated carbocycles. The third-order valence-corrected chi connectivity index (χ3v) is 9.03. The molecule has 208 valence electrons. The Morgan fingerprint density at radius 2 is 0.978 bits per heavy atom. The van der Waals surface area contributed by atoms with Crippen molar-refractivity contribution in [1.82, 2.24) is 15.0 Å². The van der Waals surface area contributed by atoms with Gasteiger partial charge in [-0.05, 0) is 74.1 Å². The van der Waals surface area contributed by atoms with Crippen LogP contribution in [0.25, 0.3) is 99.9 Å². The van der Waals surface area contributed by atoms with Crippen LogP contribution in [0.1, 0.15) is 0 Å². The summed E-state index contributed by atoms with van der Waals surface area (Å²) >= 11 is 0. The first-order valence-corrected chi connectivity index (χ1v) is 15.1. The minimum Gasteiger partial charge on any atom is -0.456 e. The monoisotopic (exact) mass is 573 g/mol. The number of rotatable bonds is 3. The molecule has 0 radical (unpaired) electrons. The van der Waals surface area contributed by atoms with Gasteiger partial charge in [-0.15, -0.1) is 0 Å². The van der Waals surface area contributed by atoms with Crippen molar-refractivity contribution in [2.45, 2.75) is 0 Å². The molecule has 0 saturated heterocycles. The van der Waals surface area contributed by atoms with Crippen LogP contribution in [-0.2, 0) is 0 Å². The van der Waals surface area contributed by atoms with Crippen molar-refractivity contribution in [3.8, 4) is 56.4 Å². The maximum atomic E-state index is 6.24. The zero-order chi connectivity index (χ0) is 29.5. The molecule has 0 atom stereocenters. The first-order chi connectivity index (χ1) is 22.3. The third-order valence-electron chi connectivity index (χ3n) is 9.03. The van der Waals surface area contributed by atoms with Gasteiger partial charge in [0.15, 0.2) is 17.5 Å². The van der Waals surface area contributed by atoms with Crippen LogP contribution in [-0.4, -0.2) is 15.0 Å². The average Bonchev–Trinajstić information content (AvgIpc) is 3.65. The maximum absolute atomic E-state index is 6.24. The predicted octanol–water partition coefficient (Wildman–Crippen LogP) is 10.7. The zero-order valence-corrected chi connectivity index (χ0v) is 24.0. The highest BCUT2D eigenvalue weighted by atomic mass is 16.3. The molecular weight excluding hydrogens is 550 g/mol. The second-order valence-corrected chi connectivity index (χ2v) is 11.6. The highest BCUT2D eigenvalue weighted by Gasteiger charge is 2.23. The highest BCUT2D eigenvalue weighted by molar-refractivity contribution is 6.16. The minimum absolute atomic E-state index is 0.617. The number of para-hydroxylation sites is 1. The molecule has 0 aliphatic heterocycles. The Hall–Kier alpha value is -6.13. The van der Waals surface area contributed by atoms with Gasteiger partial charge in [0.1, 0.15) is 11.2 Å². The Kier molecular flexibility index (Phi) is 4.96. The quantitative estimate of drug-likeness (QED) is 0.211. The first kappa shape index (κ1) is 24.3. The van der Waals surface area contributed by atoms with Crippen molar-refractivity contribution in [1.29, 1.82) is 0 Å². The molecule has 7 aromatic carbocycles. The van der Waals surface area contributed by atoms with E-state index in [-0.39, 0.29) is 0 Å². The normalized spacial score (nSPS) is 12.0. The minimum atomic E-state index is 0.617. The van der Waals surface area contributed by atoms with Crippen molar-refractivity contribution < 1.29 is 4.42 Å². The van der Waals surface area contributed by atoms with Gasteiger partial charge in [0, 0.05) is 27.5 Å². The van der Waals surface area contributed by atoms with Crippen LogP contribution < -0.4 is 0 Å². The molecule has 10 rings (SSSR count). The molecule has 0 fully saturated rings. The van der Waals surface area contributed by atoms with E-state index in [0.29, 0.717) is 17.5 Å². The van der Waals surface area contributed by atoms with E-state index in [9.17, 15) is 0 Å². The molecule has 2 heterocycles. The van der Waals surface area contributed by atoms with Crippen LogP contribution in [0.3, 0.4) is 0 Å². The van der Waals surface area contributed by atoms with Gasteiger partial charge in [-0.25, -0.2) is 15.0 Å². The molecule has 0 N–H and O–H groups in total. The van der Waals surface area contributed by atoms with E-state index >= 15 is 0 Å². The van der Waals surface area contributed by atoms with Crippen molar-refractivity contribution >= 4 is 43.5 Å². The largest absolute Gasteiger partial charge is 0.456 e. The summed E-state index contributed by atoms with van der Waals surface area (Å²) in [6, 6.07) is 48.6. The lowest BCUT2D eigenvalue weighted by molar-refractivity contribution is 0.669. The number of benzene rings is 7. The van der Waals surface area contributed by atoms with Crippen molar-refractivity contribution in [2.24, 2.45) is 0 Å². The fraction of sp³-hybridized carbons (Fsp3) is 0. The molecule has 4 heteroatoms. The SMILES string of the molecule is c1ccc2c(c1)-c1cccc3cc(-c4nc(-c5ccc6ccccc6c5)nc(-c5cccc6oc7ccccc7c56)n4)cc-2c13. The van der Waals surface area contributed by atoms with Crippen LogP contribution in [0.2, 0.25) is 0 Å². The van der Waals surface area contributed by atoms with E-state index in [2.05, 4.69) is 109 Å². The molecule has 1 aliphatic rings.